The van der Waals surface area contributed by atoms with Gasteiger partial charge in [0.05, 0.1) is 11.0 Å². The van der Waals surface area contributed by atoms with E-state index in [9.17, 15) is 24.7 Å². The van der Waals surface area contributed by atoms with E-state index in [1.165, 1.54) is 0 Å². The summed E-state index contributed by atoms with van der Waals surface area (Å²) in [5, 5.41) is 38.3. The van der Waals surface area contributed by atoms with Crippen LogP contribution in [0.15, 0.2) is 12.1 Å². The van der Waals surface area contributed by atoms with Crippen molar-refractivity contribution in [3.8, 4) is 0 Å². The average Bonchev–Trinajstić information content (AvgIpc) is 2.31. The number of hydrogen-bond donors (Lipinski definition) is 4. The molecule has 0 bridgehead atoms. The molecule has 5 N–H and O–H groups in total. The van der Waals surface area contributed by atoms with E-state index in [-0.39, 0.29) is 18.6 Å². The molecule has 0 aromatic heterocycles. The third-order valence-electron chi connectivity index (χ3n) is 2.46. The molecule has 100 valence electrons. The van der Waals surface area contributed by atoms with Gasteiger partial charge in [0.15, 0.2) is 5.82 Å². The Hall–Kier alpha value is -1.77. The molecule has 8 heteroatoms. The first-order valence-corrected chi connectivity index (χ1v) is 5.08. The SMILES string of the molecule is Nc1c(F)cc(C(O)C(O)CCO)cc1[N+](=O)[O-]. The minimum absolute atomic E-state index is 0.138. The van der Waals surface area contributed by atoms with Crippen molar-refractivity contribution in [3.63, 3.8) is 0 Å². The van der Waals surface area contributed by atoms with E-state index in [4.69, 9.17) is 10.8 Å². The summed E-state index contributed by atoms with van der Waals surface area (Å²) in [7, 11) is 0. The van der Waals surface area contributed by atoms with Gasteiger partial charge in [0, 0.05) is 12.7 Å². The first-order valence-electron chi connectivity index (χ1n) is 5.08. The van der Waals surface area contributed by atoms with Crippen LogP contribution < -0.4 is 5.73 Å². The van der Waals surface area contributed by atoms with E-state index in [0.717, 1.165) is 12.1 Å². The highest BCUT2D eigenvalue weighted by Crippen LogP contribution is 2.30. The molecule has 0 spiro atoms. The molecular formula is C10H13FN2O5. The lowest BCUT2D eigenvalue weighted by molar-refractivity contribution is -0.384. The first kappa shape index (κ1) is 14.3. The van der Waals surface area contributed by atoms with Crippen LogP contribution in [0.3, 0.4) is 0 Å². The van der Waals surface area contributed by atoms with Gasteiger partial charge >= 0.3 is 0 Å². The Bertz CT molecular complexity index is 454. The van der Waals surface area contributed by atoms with Crippen molar-refractivity contribution >= 4 is 11.4 Å². The number of aliphatic hydroxyl groups is 3. The van der Waals surface area contributed by atoms with Crippen LogP contribution in [0.4, 0.5) is 15.8 Å². The predicted molar refractivity (Wildman–Crippen MR) is 60.1 cm³/mol. The Labute approximate surface area is 101 Å². The van der Waals surface area contributed by atoms with Gasteiger partial charge in [-0.3, -0.25) is 10.1 Å². The second kappa shape index (κ2) is 5.71. The molecule has 7 nitrogen and oxygen atoms in total. The molecule has 2 unspecified atom stereocenters. The summed E-state index contributed by atoms with van der Waals surface area (Å²) < 4.78 is 13.3. The van der Waals surface area contributed by atoms with Gasteiger partial charge in [0.2, 0.25) is 0 Å². The molecule has 18 heavy (non-hydrogen) atoms. The van der Waals surface area contributed by atoms with E-state index in [2.05, 4.69) is 0 Å². The highest BCUT2D eigenvalue weighted by molar-refractivity contribution is 5.60. The van der Waals surface area contributed by atoms with Gasteiger partial charge in [0.25, 0.3) is 5.69 Å². The topological polar surface area (TPSA) is 130 Å². The zero-order valence-electron chi connectivity index (χ0n) is 9.28. The van der Waals surface area contributed by atoms with Crippen LogP contribution in [0.25, 0.3) is 0 Å². The second-order valence-electron chi connectivity index (χ2n) is 3.72. The van der Waals surface area contributed by atoms with Gasteiger partial charge < -0.3 is 21.1 Å². The molecule has 0 aliphatic carbocycles. The molecule has 0 saturated carbocycles. The van der Waals surface area contributed by atoms with Gasteiger partial charge in [-0.05, 0) is 18.1 Å². The minimum atomic E-state index is -1.54. The Kier molecular flexibility index (Phi) is 4.54. The fourth-order valence-corrected chi connectivity index (χ4v) is 1.46. The summed E-state index contributed by atoms with van der Waals surface area (Å²) in [5.41, 5.74) is 3.70. The summed E-state index contributed by atoms with van der Waals surface area (Å²) in [6, 6.07) is 1.71. The van der Waals surface area contributed by atoms with Crippen LogP contribution in [0.5, 0.6) is 0 Å². The van der Waals surface area contributed by atoms with Crippen LogP contribution in [-0.2, 0) is 0 Å². The highest BCUT2D eigenvalue weighted by Gasteiger charge is 2.24. The largest absolute Gasteiger partial charge is 0.396 e. The van der Waals surface area contributed by atoms with Crippen LogP contribution in [0.2, 0.25) is 0 Å². The number of nitrogens with two attached hydrogens (primary N) is 1. The number of aliphatic hydroxyl groups excluding tert-OH is 3. The lowest BCUT2D eigenvalue weighted by Gasteiger charge is -2.17. The molecule has 1 aromatic rings. The third kappa shape index (κ3) is 2.92. The molecule has 1 aromatic carbocycles. The van der Waals surface area contributed by atoms with E-state index in [1.54, 1.807) is 0 Å². The Balaban J connectivity index is 3.14. The summed E-state index contributed by atoms with van der Waals surface area (Å²) in [6.07, 6.45) is -3.02. The monoisotopic (exact) mass is 260 g/mol. The molecule has 1 rings (SSSR count). The summed E-state index contributed by atoms with van der Waals surface area (Å²) in [4.78, 5) is 9.74. The zero-order valence-corrected chi connectivity index (χ0v) is 9.28. The Morgan fingerprint density at radius 2 is 2.06 bits per heavy atom. The van der Waals surface area contributed by atoms with E-state index >= 15 is 0 Å². The number of hydrogen-bond acceptors (Lipinski definition) is 6. The van der Waals surface area contributed by atoms with Crippen molar-refractivity contribution in [1.29, 1.82) is 0 Å². The fourth-order valence-electron chi connectivity index (χ4n) is 1.46. The molecular weight excluding hydrogens is 247 g/mol. The van der Waals surface area contributed by atoms with E-state index in [0.29, 0.717) is 0 Å². The van der Waals surface area contributed by atoms with Gasteiger partial charge in [-0.1, -0.05) is 0 Å². The maximum Gasteiger partial charge on any atom is 0.295 e. The molecule has 0 aliphatic rings. The van der Waals surface area contributed by atoms with Crippen LogP contribution in [0, 0.1) is 15.9 Å². The molecule has 0 radical (unpaired) electrons. The van der Waals surface area contributed by atoms with Crippen molar-refractivity contribution in [2.45, 2.75) is 18.6 Å². The van der Waals surface area contributed by atoms with Crippen molar-refractivity contribution < 1.29 is 24.6 Å². The number of anilines is 1. The summed E-state index contributed by atoms with van der Waals surface area (Å²) in [5.74, 6) is -1.05. The summed E-state index contributed by atoms with van der Waals surface area (Å²) >= 11 is 0. The quantitative estimate of drug-likeness (QED) is 0.337. The van der Waals surface area contributed by atoms with Crippen molar-refractivity contribution in [3.05, 3.63) is 33.6 Å². The molecule has 0 heterocycles. The van der Waals surface area contributed by atoms with Crippen molar-refractivity contribution in [2.75, 3.05) is 12.3 Å². The Morgan fingerprint density at radius 1 is 1.44 bits per heavy atom. The van der Waals surface area contributed by atoms with Crippen molar-refractivity contribution in [1.82, 2.24) is 0 Å². The normalized spacial score (nSPS) is 14.2. The lowest BCUT2D eigenvalue weighted by atomic mass is 10.0. The van der Waals surface area contributed by atoms with Gasteiger partial charge in [-0.15, -0.1) is 0 Å². The number of halogens is 1. The minimum Gasteiger partial charge on any atom is -0.396 e. The number of nitro benzene ring substituents is 1. The number of nitro groups is 1. The highest BCUT2D eigenvalue weighted by atomic mass is 19.1. The maximum absolute atomic E-state index is 13.3. The number of rotatable bonds is 5. The van der Waals surface area contributed by atoms with E-state index in [1.807, 2.05) is 0 Å². The van der Waals surface area contributed by atoms with Gasteiger partial charge in [-0.25, -0.2) is 4.39 Å². The Morgan fingerprint density at radius 3 is 2.56 bits per heavy atom. The van der Waals surface area contributed by atoms with Gasteiger partial charge in [-0.2, -0.15) is 0 Å². The standard InChI is InChI=1S/C10H13FN2O5/c11-6-3-5(10(16)8(15)1-2-14)4-7(9(6)12)13(17)18/h3-4,8,10,14-16H,1-2,12H2. The van der Waals surface area contributed by atoms with Gasteiger partial charge in [0.1, 0.15) is 11.8 Å². The molecule has 0 aliphatic heterocycles. The van der Waals surface area contributed by atoms with Crippen LogP contribution in [0.1, 0.15) is 18.1 Å². The maximum atomic E-state index is 13.3. The van der Waals surface area contributed by atoms with Crippen molar-refractivity contribution in [2.24, 2.45) is 0 Å². The van der Waals surface area contributed by atoms with Crippen LogP contribution >= 0.6 is 0 Å². The van der Waals surface area contributed by atoms with Crippen LogP contribution in [-0.4, -0.2) is 33.0 Å². The average molecular weight is 260 g/mol. The smallest absolute Gasteiger partial charge is 0.295 e. The summed E-state index contributed by atoms with van der Waals surface area (Å²) in [6.45, 7) is -0.377. The number of benzene rings is 1. The molecule has 2 atom stereocenters. The molecule has 0 amide bonds. The fraction of sp³-hybridized carbons (Fsp3) is 0.400. The number of nitrogen functional groups attached to an aromatic ring is 1. The number of nitrogens with zero attached hydrogens (tertiary/aromatic N) is 1. The third-order valence-corrected chi connectivity index (χ3v) is 2.46. The second-order valence-corrected chi connectivity index (χ2v) is 3.72. The first-order chi connectivity index (χ1) is 8.38. The zero-order chi connectivity index (χ0) is 13.9. The van der Waals surface area contributed by atoms with E-state index < -0.39 is 34.3 Å². The molecule has 0 fully saturated rings. The predicted octanol–water partition coefficient (Wildman–Crippen LogP) is 0.0928. The lowest BCUT2D eigenvalue weighted by Crippen LogP contribution is -2.20. The molecule has 0 saturated heterocycles.